The first-order valence-corrected chi connectivity index (χ1v) is 12.0. The molecule has 1 atom stereocenters. The summed E-state index contributed by atoms with van der Waals surface area (Å²) in [6.45, 7) is 1.90. The molecule has 0 N–H and O–H groups in total. The number of hydrogen-bond donors (Lipinski definition) is 0. The monoisotopic (exact) mass is 440 g/mol. The molecule has 0 heterocycles. The third-order valence-corrected chi connectivity index (χ3v) is 7.98. The number of sulfone groups is 1. The zero-order valence-corrected chi connectivity index (χ0v) is 18.6. The molecular weight excluding hydrogens is 416 g/mol. The van der Waals surface area contributed by atoms with E-state index in [1.165, 1.54) is 0 Å². The molecule has 0 saturated heterocycles. The Morgan fingerprint density at radius 3 is 1.34 bits per heavy atom. The maximum Gasteiger partial charge on any atom is 0.189 e. The number of benzene rings is 4. The zero-order chi connectivity index (χ0) is 22.6. The minimum Gasteiger partial charge on any atom is -0.302 e. The minimum atomic E-state index is -4.04. The lowest BCUT2D eigenvalue weighted by molar-refractivity contribution is -0.108. The van der Waals surface area contributed by atoms with Crippen LogP contribution in [0.1, 0.15) is 22.3 Å². The molecular formula is C28H24O3S. The predicted octanol–water partition coefficient (Wildman–Crippen LogP) is 5.37. The van der Waals surface area contributed by atoms with Crippen molar-refractivity contribution in [3.8, 4) is 0 Å². The van der Waals surface area contributed by atoms with E-state index in [9.17, 15) is 13.2 Å². The second-order valence-electron chi connectivity index (χ2n) is 7.82. The van der Waals surface area contributed by atoms with Crippen molar-refractivity contribution in [1.29, 1.82) is 0 Å². The van der Waals surface area contributed by atoms with Crippen LogP contribution < -0.4 is 0 Å². The van der Waals surface area contributed by atoms with Crippen molar-refractivity contribution < 1.29 is 13.2 Å². The summed E-state index contributed by atoms with van der Waals surface area (Å²) in [4.78, 5) is 12.9. The van der Waals surface area contributed by atoms with Crippen LogP contribution in [0.3, 0.4) is 0 Å². The van der Waals surface area contributed by atoms with Gasteiger partial charge in [-0.25, -0.2) is 8.42 Å². The van der Waals surface area contributed by atoms with Gasteiger partial charge in [-0.15, -0.1) is 0 Å². The summed E-state index contributed by atoms with van der Waals surface area (Å²) in [5.74, 6) is 0. The highest BCUT2D eigenvalue weighted by Crippen LogP contribution is 2.45. The van der Waals surface area contributed by atoms with Crippen LogP contribution in [-0.4, -0.2) is 20.0 Å². The van der Waals surface area contributed by atoms with Crippen LogP contribution >= 0.6 is 0 Å². The molecule has 0 aliphatic heterocycles. The standard InChI is InChI=1S/C28H24O3S/c1-22-17-19-26(20-18-22)32(30,31)27(21-29)28(23-11-5-2-6-12-23,24-13-7-3-8-14-24)25-15-9-4-10-16-25/h2-21,27H,1H3. The SMILES string of the molecule is Cc1ccc(S(=O)(=O)C(C=O)C(c2ccccc2)(c2ccccc2)c2ccccc2)cc1. The Labute approximate surface area is 189 Å². The Bertz CT molecular complexity index is 1180. The number of carbonyl (C=O) groups is 1. The average molecular weight is 441 g/mol. The van der Waals surface area contributed by atoms with Gasteiger partial charge in [0.05, 0.1) is 10.3 Å². The molecule has 4 aromatic carbocycles. The van der Waals surface area contributed by atoms with Crippen molar-refractivity contribution in [2.75, 3.05) is 0 Å². The van der Waals surface area contributed by atoms with Gasteiger partial charge in [0.2, 0.25) is 0 Å². The van der Waals surface area contributed by atoms with Gasteiger partial charge in [-0.3, -0.25) is 0 Å². The summed E-state index contributed by atoms with van der Waals surface area (Å²) in [5, 5.41) is -1.37. The van der Waals surface area contributed by atoms with Crippen LogP contribution in [0.4, 0.5) is 0 Å². The van der Waals surface area contributed by atoms with E-state index in [0.29, 0.717) is 6.29 Å². The molecule has 160 valence electrons. The van der Waals surface area contributed by atoms with Crippen LogP contribution in [0.15, 0.2) is 120 Å². The number of hydrogen-bond acceptors (Lipinski definition) is 3. The van der Waals surface area contributed by atoms with E-state index in [1.54, 1.807) is 24.3 Å². The summed E-state index contributed by atoms with van der Waals surface area (Å²) in [6, 6.07) is 34.9. The van der Waals surface area contributed by atoms with Gasteiger partial charge in [0.1, 0.15) is 11.5 Å². The van der Waals surface area contributed by atoms with Gasteiger partial charge in [-0.05, 0) is 35.7 Å². The van der Waals surface area contributed by atoms with Crippen molar-refractivity contribution >= 4 is 16.1 Å². The molecule has 0 radical (unpaired) electrons. The minimum absolute atomic E-state index is 0.132. The first-order chi connectivity index (χ1) is 15.5. The lowest BCUT2D eigenvalue weighted by Crippen LogP contribution is -2.47. The summed E-state index contributed by atoms with van der Waals surface area (Å²) in [6.07, 6.45) is 0.586. The average Bonchev–Trinajstić information content (AvgIpc) is 2.84. The molecule has 1 unspecified atom stereocenters. The largest absolute Gasteiger partial charge is 0.302 e. The molecule has 4 aromatic rings. The number of rotatable bonds is 7. The molecule has 4 heteroatoms. The van der Waals surface area contributed by atoms with Crippen molar-refractivity contribution in [2.24, 2.45) is 0 Å². The summed E-state index contributed by atoms with van der Waals surface area (Å²) >= 11 is 0. The Kier molecular flexibility index (Phi) is 6.06. The molecule has 0 aliphatic rings. The summed E-state index contributed by atoms with van der Waals surface area (Å²) in [7, 11) is -4.04. The van der Waals surface area contributed by atoms with E-state index in [-0.39, 0.29) is 4.90 Å². The predicted molar refractivity (Wildman–Crippen MR) is 127 cm³/mol. The van der Waals surface area contributed by atoms with E-state index >= 15 is 0 Å². The first kappa shape index (κ1) is 21.7. The Morgan fingerprint density at radius 2 is 1.00 bits per heavy atom. The molecule has 4 rings (SSSR count). The van der Waals surface area contributed by atoms with Crippen molar-refractivity contribution in [2.45, 2.75) is 22.5 Å². The fraction of sp³-hybridized carbons (Fsp3) is 0.107. The van der Waals surface area contributed by atoms with Crippen molar-refractivity contribution in [1.82, 2.24) is 0 Å². The normalized spacial score (nSPS) is 12.8. The molecule has 0 bridgehead atoms. The second kappa shape index (κ2) is 8.93. The molecule has 0 spiro atoms. The molecule has 0 amide bonds. The molecule has 3 nitrogen and oxygen atoms in total. The van der Waals surface area contributed by atoms with E-state index in [4.69, 9.17) is 0 Å². The van der Waals surface area contributed by atoms with Crippen LogP contribution in [0.2, 0.25) is 0 Å². The van der Waals surface area contributed by atoms with Crippen LogP contribution in [0.5, 0.6) is 0 Å². The van der Waals surface area contributed by atoms with Gasteiger partial charge in [0, 0.05) is 0 Å². The molecule has 0 saturated carbocycles. The number of aryl methyl sites for hydroxylation is 1. The maximum absolute atomic E-state index is 14.0. The van der Waals surface area contributed by atoms with Gasteiger partial charge in [0.25, 0.3) is 0 Å². The Hall–Kier alpha value is -3.50. The van der Waals surface area contributed by atoms with E-state index < -0.39 is 20.5 Å². The van der Waals surface area contributed by atoms with Gasteiger partial charge < -0.3 is 4.79 Å². The van der Waals surface area contributed by atoms with E-state index in [0.717, 1.165) is 22.3 Å². The highest BCUT2D eigenvalue weighted by molar-refractivity contribution is 7.92. The van der Waals surface area contributed by atoms with Crippen LogP contribution in [0, 0.1) is 6.92 Å². The lowest BCUT2D eigenvalue weighted by atomic mass is 9.67. The highest BCUT2D eigenvalue weighted by atomic mass is 32.2. The van der Waals surface area contributed by atoms with Crippen LogP contribution in [0.25, 0.3) is 0 Å². The number of aldehydes is 1. The van der Waals surface area contributed by atoms with E-state index in [2.05, 4.69) is 0 Å². The van der Waals surface area contributed by atoms with Gasteiger partial charge in [-0.1, -0.05) is 109 Å². The summed E-state index contributed by atoms with van der Waals surface area (Å²) in [5.41, 5.74) is 1.95. The second-order valence-corrected chi connectivity index (χ2v) is 9.89. The van der Waals surface area contributed by atoms with Crippen LogP contribution in [-0.2, 0) is 20.0 Å². The quantitative estimate of drug-likeness (QED) is 0.287. The van der Waals surface area contributed by atoms with Gasteiger partial charge in [0.15, 0.2) is 9.84 Å². The zero-order valence-electron chi connectivity index (χ0n) is 17.8. The van der Waals surface area contributed by atoms with Gasteiger partial charge in [-0.2, -0.15) is 0 Å². The van der Waals surface area contributed by atoms with Crippen molar-refractivity contribution in [3.63, 3.8) is 0 Å². The highest BCUT2D eigenvalue weighted by Gasteiger charge is 2.50. The molecule has 32 heavy (non-hydrogen) atoms. The lowest BCUT2D eigenvalue weighted by Gasteiger charge is -2.39. The fourth-order valence-corrected chi connectivity index (χ4v) is 6.21. The third kappa shape index (κ3) is 3.67. The third-order valence-electron chi connectivity index (χ3n) is 5.92. The fourth-order valence-electron chi connectivity index (χ4n) is 4.38. The maximum atomic E-state index is 14.0. The first-order valence-electron chi connectivity index (χ1n) is 10.4. The topological polar surface area (TPSA) is 51.2 Å². The molecule has 0 aliphatic carbocycles. The molecule has 0 fully saturated rings. The number of carbonyl (C=O) groups excluding carboxylic acids is 1. The van der Waals surface area contributed by atoms with E-state index in [1.807, 2.05) is 97.9 Å². The summed E-state index contributed by atoms with van der Waals surface area (Å²) < 4.78 is 28.0. The Balaban J connectivity index is 2.11. The van der Waals surface area contributed by atoms with Gasteiger partial charge >= 0.3 is 0 Å². The van der Waals surface area contributed by atoms with Crippen molar-refractivity contribution in [3.05, 3.63) is 138 Å². The molecule has 0 aromatic heterocycles. The smallest absolute Gasteiger partial charge is 0.189 e. The Morgan fingerprint density at radius 1 is 0.625 bits per heavy atom.